The second-order valence-electron chi connectivity index (χ2n) is 5.68. The molecular formula is C17H17N3OS. The minimum absolute atomic E-state index is 0.0626. The molecule has 0 spiro atoms. The van der Waals surface area contributed by atoms with Gasteiger partial charge in [-0.3, -0.25) is 4.79 Å². The van der Waals surface area contributed by atoms with Crippen molar-refractivity contribution in [3.8, 4) is 6.07 Å². The molecule has 3 rings (SSSR count). The van der Waals surface area contributed by atoms with Crippen LogP contribution in [-0.2, 0) is 16.8 Å². The summed E-state index contributed by atoms with van der Waals surface area (Å²) in [6.45, 7) is 1.97. The fourth-order valence-electron chi connectivity index (χ4n) is 2.62. The van der Waals surface area contributed by atoms with E-state index >= 15 is 0 Å². The van der Waals surface area contributed by atoms with Crippen LogP contribution in [-0.4, -0.2) is 10.9 Å². The number of aryl methyl sites for hydroxylation is 2. The van der Waals surface area contributed by atoms with Gasteiger partial charge in [-0.2, -0.15) is 5.26 Å². The van der Waals surface area contributed by atoms with Crippen molar-refractivity contribution in [1.82, 2.24) is 10.3 Å². The third-order valence-corrected chi connectivity index (χ3v) is 5.09. The maximum absolute atomic E-state index is 12.2. The topological polar surface area (TPSA) is 65.8 Å². The minimum Gasteiger partial charge on any atom is -0.347 e. The molecule has 5 heteroatoms. The summed E-state index contributed by atoms with van der Waals surface area (Å²) in [5.41, 5.74) is 4.25. The second kappa shape index (κ2) is 5.90. The molecule has 0 aliphatic heterocycles. The molecule has 4 nitrogen and oxygen atoms in total. The molecule has 1 aliphatic carbocycles. The monoisotopic (exact) mass is 311 g/mol. The van der Waals surface area contributed by atoms with Crippen molar-refractivity contribution in [2.24, 2.45) is 0 Å². The molecular weight excluding hydrogens is 294 g/mol. The second-order valence-corrected chi connectivity index (χ2v) is 6.62. The van der Waals surface area contributed by atoms with Crippen LogP contribution in [0.1, 0.15) is 41.0 Å². The molecule has 1 N–H and O–H groups in total. The molecule has 1 amide bonds. The van der Waals surface area contributed by atoms with Gasteiger partial charge in [0.2, 0.25) is 5.91 Å². The number of nitriles is 1. The van der Waals surface area contributed by atoms with E-state index in [0.29, 0.717) is 12.0 Å². The molecule has 1 fully saturated rings. The van der Waals surface area contributed by atoms with E-state index in [-0.39, 0.29) is 11.4 Å². The number of rotatable bonds is 5. The largest absolute Gasteiger partial charge is 0.347 e. The number of hydrogen-bond acceptors (Lipinski definition) is 4. The lowest BCUT2D eigenvalue weighted by atomic mass is 10.0. The van der Waals surface area contributed by atoms with Gasteiger partial charge in [-0.1, -0.05) is 12.1 Å². The van der Waals surface area contributed by atoms with Crippen molar-refractivity contribution >= 4 is 17.2 Å². The Morgan fingerprint density at radius 1 is 1.50 bits per heavy atom. The van der Waals surface area contributed by atoms with Crippen molar-refractivity contribution in [3.05, 3.63) is 51.5 Å². The van der Waals surface area contributed by atoms with E-state index in [1.54, 1.807) is 17.4 Å². The van der Waals surface area contributed by atoms with Crippen LogP contribution >= 0.6 is 11.3 Å². The number of nitrogens with zero attached hydrogens (tertiary/aromatic N) is 2. The molecule has 1 aliphatic rings. The fraction of sp³-hybridized carbons (Fsp3) is 0.353. The highest BCUT2D eigenvalue weighted by Crippen LogP contribution is 2.45. The maximum atomic E-state index is 12.2. The molecule has 1 saturated carbocycles. The Bertz CT molecular complexity index is 740. The van der Waals surface area contributed by atoms with Crippen molar-refractivity contribution in [1.29, 1.82) is 5.26 Å². The number of aromatic nitrogens is 1. The highest BCUT2D eigenvalue weighted by atomic mass is 32.1. The average Bonchev–Trinajstić information content (AvgIpc) is 3.20. The lowest BCUT2D eigenvalue weighted by Gasteiger charge is -2.18. The minimum atomic E-state index is -0.257. The van der Waals surface area contributed by atoms with Gasteiger partial charge in [0.05, 0.1) is 28.4 Å². The third-order valence-electron chi connectivity index (χ3n) is 4.10. The zero-order valence-corrected chi connectivity index (χ0v) is 13.2. The van der Waals surface area contributed by atoms with Gasteiger partial charge >= 0.3 is 0 Å². The van der Waals surface area contributed by atoms with Crippen molar-refractivity contribution in [2.45, 2.75) is 38.1 Å². The molecule has 0 saturated heterocycles. The lowest BCUT2D eigenvalue weighted by Crippen LogP contribution is -2.35. The van der Waals surface area contributed by atoms with Crippen LogP contribution in [0.3, 0.4) is 0 Å². The summed E-state index contributed by atoms with van der Waals surface area (Å²) < 4.78 is 0. The number of benzene rings is 1. The Hall–Kier alpha value is -2.19. The summed E-state index contributed by atoms with van der Waals surface area (Å²) >= 11 is 1.60. The maximum Gasteiger partial charge on any atom is 0.221 e. The first-order chi connectivity index (χ1) is 10.6. The fourth-order valence-corrected chi connectivity index (χ4v) is 3.40. The number of thiazole rings is 1. The van der Waals surface area contributed by atoms with Crippen molar-refractivity contribution < 1.29 is 4.79 Å². The van der Waals surface area contributed by atoms with Crippen LogP contribution in [0.2, 0.25) is 0 Å². The number of nitrogens with one attached hydrogen (secondary N) is 1. The first kappa shape index (κ1) is 14.7. The van der Waals surface area contributed by atoms with E-state index in [1.807, 2.05) is 30.6 Å². The number of hydrogen-bond donors (Lipinski definition) is 1. The van der Waals surface area contributed by atoms with Crippen LogP contribution in [0.15, 0.2) is 29.8 Å². The van der Waals surface area contributed by atoms with E-state index in [1.165, 1.54) is 4.88 Å². The molecule has 0 atom stereocenters. The SMILES string of the molecule is Cc1ncsc1CCC(=O)NC1(c2cccc(C#N)c2)CC1. The molecule has 0 unspecified atom stereocenters. The van der Waals surface area contributed by atoms with Crippen LogP contribution in [0.4, 0.5) is 0 Å². The van der Waals surface area contributed by atoms with E-state index in [0.717, 1.165) is 30.5 Å². The number of amides is 1. The first-order valence-electron chi connectivity index (χ1n) is 7.33. The molecule has 0 bridgehead atoms. The molecule has 2 aromatic rings. The highest BCUT2D eigenvalue weighted by molar-refractivity contribution is 7.09. The van der Waals surface area contributed by atoms with Crippen LogP contribution in [0.25, 0.3) is 0 Å². The average molecular weight is 311 g/mol. The van der Waals surface area contributed by atoms with Gasteiger partial charge < -0.3 is 5.32 Å². The predicted molar refractivity (Wildman–Crippen MR) is 85.4 cm³/mol. The van der Waals surface area contributed by atoms with Gasteiger partial charge in [-0.05, 0) is 43.9 Å². The molecule has 0 radical (unpaired) electrons. The van der Waals surface area contributed by atoms with Gasteiger partial charge in [-0.15, -0.1) is 11.3 Å². The molecule has 1 heterocycles. The first-order valence-corrected chi connectivity index (χ1v) is 8.21. The van der Waals surface area contributed by atoms with Gasteiger partial charge in [0.15, 0.2) is 0 Å². The van der Waals surface area contributed by atoms with Gasteiger partial charge in [0, 0.05) is 11.3 Å². The van der Waals surface area contributed by atoms with Gasteiger partial charge in [-0.25, -0.2) is 4.98 Å². The smallest absolute Gasteiger partial charge is 0.221 e. The predicted octanol–water partition coefficient (Wildman–Crippen LogP) is 3.06. The standard InChI is InChI=1S/C17H17N3OS/c1-12-15(22-11-19-12)5-6-16(21)20-17(7-8-17)14-4-2-3-13(9-14)10-18/h2-4,9,11H,5-8H2,1H3,(H,20,21). The summed E-state index contributed by atoms with van der Waals surface area (Å²) in [5.74, 6) is 0.0626. The third kappa shape index (κ3) is 3.02. The lowest BCUT2D eigenvalue weighted by molar-refractivity contribution is -0.122. The van der Waals surface area contributed by atoms with Crippen molar-refractivity contribution in [2.75, 3.05) is 0 Å². The van der Waals surface area contributed by atoms with Crippen LogP contribution in [0.5, 0.6) is 0 Å². The summed E-state index contributed by atoms with van der Waals surface area (Å²) in [4.78, 5) is 17.6. The Balaban J connectivity index is 1.63. The normalized spacial score (nSPS) is 15.1. The van der Waals surface area contributed by atoms with E-state index in [4.69, 9.17) is 5.26 Å². The van der Waals surface area contributed by atoms with Crippen LogP contribution in [0, 0.1) is 18.3 Å². The van der Waals surface area contributed by atoms with Crippen molar-refractivity contribution in [3.63, 3.8) is 0 Å². The molecule has 112 valence electrons. The Morgan fingerprint density at radius 2 is 2.32 bits per heavy atom. The number of carbonyl (C=O) groups is 1. The number of carbonyl (C=O) groups excluding carboxylic acids is 1. The van der Waals surface area contributed by atoms with E-state index < -0.39 is 0 Å². The van der Waals surface area contributed by atoms with E-state index in [9.17, 15) is 4.79 Å². The Morgan fingerprint density at radius 3 is 2.95 bits per heavy atom. The summed E-state index contributed by atoms with van der Waals surface area (Å²) in [6.07, 6.45) is 3.08. The Labute approximate surface area is 133 Å². The van der Waals surface area contributed by atoms with Gasteiger partial charge in [0.1, 0.15) is 0 Å². The van der Waals surface area contributed by atoms with Crippen LogP contribution < -0.4 is 5.32 Å². The zero-order valence-electron chi connectivity index (χ0n) is 12.4. The highest BCUT2D eigenvalue weighted by Gasteiger charge is 2.45. The zero-order chi connectivity index (χ0) is 15.6. The molecule has 22 heavy (non-hydrogen) atoms. The van der Waals surface area contributed by atoms with Gasteiger partial charge in [0.25, 0.3) is 0 Å². The Kier molecular flexibility index (Phi) is 3.95. The summed E-state index contributed by atoms with van der Waals surface area (Å²) in [6, 6.07) is 9.68. The summed E-state index contributed by atoms with van der Waals surface area (Å²) in [7, 11) is 0. The molecule has 1 aromatic heterocycles. The molecule has 1 aromatic carbocycles. The van der Waals surface area contributed by atoms with E-state index in [2.05, 4.69) is 16.4 Å². The summed E-state index contributed by atoms with van der Waals surface area (Å²) in [5, 5.41) is 12.2. The quantitative estimate of drug-likeness (QED) is 0.923.